The number of ketones is 1. The molecule has 6 heteroatoms. The van der Waals surface area contributed by atoms with E-state index in [0.717, 1.165) is 18.4 Å². The molecule has 1 aliphatic rings. The number of rotatable bonds is 9. The smallest absolute Gasteiger partial charge is 0.269 e. The number of nitrogens with zero attached hydrogens (tertiary/aromatic N) is 1. The lowest BCUT2D eigenvalue weighted by Gasteiger charge is -2.34. The molecule has 1 amide bonds. The van der Waals surface area contributed by atoms with Gasteiger partial charge in [-0.15, -0.1) is 0 Å². The fourth-order valence-corrected chi connectivity index (χ4v) is 3.47. The van der Waals surface area contributed by atoms with E-state index in [1.54, 1.807) is 19.2 Å². The standard InChI is InChI=1S/C22H26N2O4/c1-23-22(27)20-14-17(13-18(24-20)9-15-5-3-2-4-6-15)21(26)12-16-10-19(11-16)28-8-7-25/h2-6,13-14,16,19,25H,7-12H2,1H3,(H,23,27). The Balaban J connectivity index is 1.71. The molecule has 0 atom stereocenters. The minimum absolute atomic E-state index is 0.0174. The fraction of sp³-hybridized carbons (Fsp3) is 0.409. The molecule has 1 fully saturated rings. The third-order valence-corrected chi connectivity index (χ3v) is 5.00. The summed E-state index contributed by atoms with van der Waals surface area (Å²) in [6, 6.07) is 13.2. The fourth-order valence-electron chi connectivity index (χ4n) is 3.47. The Kier molecular flexibility index (Phi) is 6.90. The highest BCUT2D eigenvalue weighted by atomic mass is 16.5. The number of benzene rings is 1. The minimum atomic E-state index is -0.301. The van der Waals surface area contributed by atoms with E-state index in [2.05, 4.69) is 10.3 Å². The lowest BCUT2D eigenvalue weighted by atomic mass is 9.78. The van der Waals surface area contributed by atoms with Crippen LogP contribution in [0.4, 0.5) is 0 Å². The van der Waals surface area contributed by atoms with Crippen molar-refractivity contribution in [2.24, 2.45) is 5.92 Å². The number of aliphatic hydroxyl groups excluding tert-OH is 1. The van der Waals surface area contributed by atoms with Crippen LogP contribution in [0.1, 0.15) is 51.4 Å². The zero-order valence-corrected chi connectivity index (χ0v) is 16.1. The molecule has 0 spiro atoms. The third kappa shape index (κ3) is 5.24. The van der Waals surface area contributed by atoms with Gasteiger partial charge in [0.2, 0.25) is 0 Å². The Bertz CT molecular complexity index is 817. The SMILES string of the molecule is CNC(=O)c1cc(C(=O)CC2CC(OCCO)C2)cc(Cc2ccccc2)n1. The summed E-state index contributed by atoms with van der Waals surface area (Å²) < 4.78 is 5.47. The Morgan fingerprint density at radius 2 is 1.96 bits per heavy atom. The number of amides is 1. The van der Waals surface area contributed by atoms with Crippen LogP contribution in [-0.4, -0.2) is 48.1 Å². The van der Waals surface area contributed by atoms with Crippen molar-refractivity contribution in [2.45, 2.75) is 31.8 Å². The predicted molar refractivity (Wildman–Crippen MR) is 105 cm³/mol. The van der Waals surface area contributed by atoms with E-state index in [1.807, 2.05) is 30.3 Å². The van der Waals surface area contributed by atoms with E-state index >= 15 is 0 Å². The van der Waals surface area contributed by atoms with Crippen molar-refractivity contribution in [2.75, 3.05) is 20.3 Å². The van der Waals surface area contributed by atoms with Gasteiger partial charge in [-0.3, -0.25) is 9.59 Å². The number of aromatic nitrogens is 1. The summed E-state index contributed by atoms with van der Waals surface area (Å²) in [7, 11) is 1.55. The molecule has 0 unspecified atom stereocenters. The van der Waals surface area contributed by atoms with Crippen molar-refractivity contribution in [3.63, 3.8) is 0 Å². The van der Waals surface area contributed by atoms with Gasteiger partial charge in [0.15, 0.2) is 5.78 Å². The largest absolute Gasteiger partial charge is 0.394 e. The number of hydrogen-bond donors (Lipinski definition) is 2. The summed E-state index contributed by atoms with van der Waals surface area (Å²) in [5.74, 6) is 0.00271. The summed E-state index contributed by atoms with van der Waals surface area (Å²) in [6.45, 7) is 0.359. The van der Waals surface area contributed by atoms with E-state index in [9.17, 15) is 9.59 Å². The van der Waals surface area contributed by atoms with Gasteiger partial charge in [0.05, 0.1) is 19.3 Å². The molecule has 3 rings (SSSR count). The van der Waals surface area contributed by atoms with Crippen molar-refractivity contribution >= 4 is 11.7 Å². The van der Waals surface area contributed by atoms with Crippen LogP contribution in [0, 0.1) is 5.92 Å². The summed E-state index contributed by atoms with van der Waals surface area (Å²) in [6.07, 6.45) is 2.79. The first kappa shape index (κ1) is 20.2. The number of ether oxygens (including phenoxy) is 1. The van der Waals surface area contributed by atoms with E-state index in [4.69, 9.17) is 9.84 Å². The summed E-state index contributed by atoms with van der Waals surface area (Å²) >= 11 is 0. The molecule has 2 aromatic rings. The van der Waals surface area contributed by atoms with Crippen molar-refractivity contribution in [3.05, 3.63) is 65.0 Å². The summed E-state index contributed by atoms with van der Waals surface area (Å²) in [4.78, 5) is 29.3. The van der Waals surface area contributed by atoms with Gasteiger partial charge in [0.25, 0.3) is 5.91 Å². The van der Waals surface area contributed by atoms with Gasteiger partial charge in [-0.05, 0) is 36.5 Å². The number of pyridine rings is 1. The van der Waals surface area contributed by atoms with Crippen LogP contribution in [0.3, 0.4) is 0 Å². The molecule has 1 aromatic carbocycles. The normalized spacial score (nSPS) is 18.4. The zero-order chi connectivity index (χ0) is 19.9. The maximum Gasteiger partial charge on any atom is 0.269 e. The molecule has 0 aliphatic heterocycles. The van der Waals surface area contributed by atoms with Gasteiger partial charge in [-0.2, -0.15) is 0 Å². The molecule has 148 valence electrons. The van der Waals surface area contributed by atoms with Crippen LogP contribution < -0.4 is 5.32 Å². The summed E-state index contributed by atoms with van der Waals surface area (Å²) in [5, 5.41) is 11.4. The highest BCUT2D eigenvalue weighted by Crippen LogP contribution is 2.33. The number of carbonyl (C=O) groups is 2. The van der Waals surface area contributed by atoms with Gasteiger partial charge >= 0.3 is 0 Å². The van der Waals surface area contributed by atoms with Gasteiger partial charge in [0.1, 0.15) is 5.69 Å². The predicted octanol–water partition coefficient (Wildman–Crippen LogP) is 2.39. The van der Waals surface area contributed by atoms with E-state index in [-0.39, 0.29) is 36.0 Å². The van der Waals surface area contributed by atoms with Crippen LogP contribution in [0.25, 0.3) is 0 Å². The lowest BCUT2D eigenvalue weighted by Crippen LogP contribution is -2.33. The maximum atomic E-state index is 12.8. The van der Waals surface area contributed by atoms with Gasteiger partial charge in [-0.25, -0.2) is 4.98 Å². The van der Waals surface area contributed by atoms with Gasteiger partial charge in [0, 0.05) is 31.1 Å². The van der Waals surface area contributed by atoms with Crippen LogP contribution >= 0.6 is 0 Å². The molecular formula is C22H26N2O4. The quantitative estimate of drug-likeness (QED) is 0.650. The Labute approximate surface area is 164 Å². The molecule has 1 aromatic heterocycles. The highest BCUT2D eigenvalue weighted by molar-refractivity contribution is 5.99. The topological polar surface area (TPSA) is 88.5 Å². The monoisotopic (exact) mass is 382 g/mol. The second-order valence-corrected chi connectivity index (χ2v) is 7.16. The first-order chi connectivity index (χ1) is 13.6. The van der Waals surface area contributed by atoms with Crippen LogP contribution in [0.5, 0.6) is 0 Å². The molecule has 0 bridgehead atoms. The maximum absolute atomic E-state index is 12.8. The molecule has 1 saturated carbocycles. The van der Waals surface area contributed by atoms with Gasteiger partial charge < -0.3 is 15.2 Å². The second-order valence-electron chi connectivity index (χ2n) is 7.16. The van der Waals surface area contributed by atoms with E-state index in [1.165, 1.54) is 0 Å². The van der Waals surface area contributed by atoms with Crippen molar-refractivity contribution in [1.29, 1.82) is 0 Å². The van der Waals surface area contributed by atoms with Crippen molar-refractivity contribution < 1.29 is 19.4 Å². The number of hydrogen-bond acceptors (Lipinski definition) is 5. The molecule has 28 heavy (non-hydrogen) atoms. The van der Waals surface area contributed by atoms with Crippen LogP contribution in [-0.2, 0) is 11.2 Å². The average Bonchev–Trinajstić information content (AvgIpc) is 2.69. The molecule has 1 aliphatic carbocycles. The van der Waals surface area contributed by atoms with Crippen LogP contribution in [0.15, 0.2) is 42.5 Å². The van der Waals surface area contributed by atoms with Gasteiger partial charge in [-0.1, -0.05) is 30.3 Å². The molecule has 0 radical (unpaired) electrons. The lowest BCUT2D eigenvalue weighted by molar-refractivity contribution is -0.0423. The Morgan fingerprint density at radius 3 is 2.64 bits per heavy atom. The molecular weight excluding hydrogens is 356 g/mol. The highest BCUT2D eigenvalue weighted by Gasteiger charge is 2.31. The summed E-state index contributed by atoms with van der Waals surface area (Å²) in [5.41, 5.74) is 2.56. The number of nitrogens with one attached hydrogen (secondary N) is 1. The average molecular weight is 382 g/mol. The molecule has 6 nitrogen and oxygen atoms in total. The molecule has 2 N–H and O–H groups in total. The Morgan fingerprint density at radius 1 is 1.21 bits per heavy atom. The van der Waals surface area contributed by atoms with E-state index in [0.29, 0.717) is 30.7 Å². The first-order valence-electron chi connectivity index (χ1n) is 9.61. The van der Waals surface area contributed by atoms with Crippen molar-refractivity contribution in [1.82, 2.24) is 10.3 Å². The van der Waals surface area contributed by atoms with Crippen LogP contribution in [0.2, 0.25) is 0 Å². The minimum Gasteiger partial charge on any atom is -0.394 e. The molecule has 0 saturated heterocycles. The van der Waals surface area contributed by atoms with Crippen molar-refractivity contribution in [3.8, 4) is 0 Å². The number of aliphatic hydroxyl groups is 1. The zero-order valence-electron chi connectivity index (χ0n) is 16.1. The first-order valence-corrected chi connectivity index (χ1v) is 9.61. The Hall–Kier alpha value is -2.57. The number of carbonyl (C=O) groups excluding carboxylic acids is 2. The van der Waals surface area contributed by atoms with E-state index < -0.39 is 0 Å². The molecule has 1 heterocycles. The third-order valence-electron chi connectivity index (χ3n) is 5.00. The second kappa shape index (κ2) is 9.57. The number of Topliss-reactive ketones (excluding diaryl/α,β-unsaturated/α-hetero) is 1.